The van der Waals surface area contributed by atoms with Gasteiger partial charge in [-0.25, -0.2) is 0 Å². The van der Waals surface area contributed by atoms with Crippen molar-refractivity contribution in [1.82, 2.24) is 0 Å². The highest BCUT2D eigenvalue weighted by Gasteiger charge is 2.17. The molecule has 0 spiro atoms. The summed E-state index contributed by atoms with van der Waals surface area (Å²) in [6.45, 7) is 1.32. The Labute approximate surface area is 99.0 Å². The topological polar surface area (TPSA) is 84.0 Å². The number of Topliss-reactive ketones (excluding diaryl/α,β-unsaturated/α-hetero) is 1. The average Bonchev–Trinajstić information content (AvgIpc) is 2.15. The zero-order valence-corrected chi connectivity index (χ0v) is 9.81. The first-order chi connectivity index (χ1) is 6.97. The Morgan fingerprint density at radius 2 is 2.20 bits per heavy atom. The van der Waals surface area contributed by atoms with Crippen LogP contribution in [0.3, 0.4) is 0 Å². The molecule has 0 aromatic heterocycles. The van der Waals surface area contributed by atoms with Gasteiger partial charge in [-0.3, -0.25) is 14.9 Å². The molecule has 0 unspecified atom stereocenters. The van der Waals surface area contributed by atoms with Crippen molar-refractivity contribution in [3.05, 3.63) is 36.9 Å². The van der Waals surface area contributed by atoms with Crippen molar-refractivity contribution < 1.29 is 9.72 Å². The van der Waals surface area contributed by atoms with Gasteiger partial charge < -0.3 is 0 Å². The summed E-state index contributed by atoms with van der Waals surface area (Å²) in [4.78, 5) is 21.1. The highest BCUT2D eigenvalue weighted by molar-refractivity contribution is 14.1. The highest BCUT2D eigenvalue weighted by Crippen LogP contribution is 2.24. The first-order valence-corrected chi connectivity index (χ1v) is 4.94. The van der Waals surface area contributed by atoms with Gasteiger partial charge in [0, 0.05) is 21.3 Å². The molecule has 0 aliphatic rings. The van der Waals surface area contributed by atoms with Crippen molar-refractivity contribution >= 4 is 34.1 Å². The van der Waals surface area contributed by atoms with Crippen LogP contribution in [0.15, 0.2) is 12.1 Å². The van der Waals surface area contributed by atoms with Gasteiger partial charge in [0.25, 0.3) is 5.69 Å². The van der Waals surface area contributed by atoms with Crippen LogP contribution in [0.2, 0.25) is 0 Å². The molecule has 6 heteroatoms. The van der Waals surface area contributed by atoms with E-state index < -0.39 is 4.92 Å². The lowest BCUT2D eigenvalue weighted by atomic mass is 10.0. The summed E-state index contributed by atoms with van der Waals surface area (Å²) in [5, 5.41) is 19.3. The molecule has 0 N–H and O–H groups in total. The van der Waals surface area contributed by atoms with Crippen LogP contribution in [0.1, 0.15) is 22.8 Å². The van der Waals surface area contributed by atoms with Gasteiger partial charge in [0.1, 0.15) is 6.07 Å². The average molecular weight is 316 g/mol. The summed E-state index contributed by atoms with van der Waals surface area (Å²) in [7, 11) is 0. The van der Waals surface area contributed by atoms with Gasteiger partial charge in [-0.2, -0.15) is 5.26 Å². The lowest BCUT2D eigenvalue weighted by Gasteiger charge is -2.02. The number of halogens is 1. The number of nitriles is 1. The van der Waals surface area contributed by atoms with Crippen LogP contribution >= 0.6 is 22.6 Å². The zero-order chi connectivity index (χ0) is 11.6. The Kier molecular flexibility index (Phi) is 3.36. The normalized spacial score (nSPS) is 9.40. The SMILES string of the molecule is CC(=O)c1c(I)cc([N+](=O)[O-])cc1C#N. The summed E-state index contributed by atoms with van der Waals surface area (Å²) < 4.78 is 0.422. The summed E-state index contributed by atoms with van der Waals surface area (Å²) in [5.41, 5.74) is 0.103. The molecule has 0 aliphatic heterocycles. The minimum absolute atomic E-state index is 0.0427. The van der Waals surface area contributed by atoms with E-state index in [0.717, 1.165) is 6.07 Å². The van der Waals surface area contributed by atoms with Crippen molar-refractivity contribution in [2.24, 2.45) is 0 Å². The molecule has 0 saturated carbocycles. The van der Waals surface area contributed by atoms with E-state index in [4.69, 9.17) is 5.26 Å². The Balaban J connectivity index is 3.53. The molecular weight excluding hydrogens is 311 g/mol. The van der Waals surface area contributed by atoms with Crippen LogP contribution in [0.25, 0.3) is 0 Å². The van der Waals surface area contributed by atoms with Gasteiger partial charge in [0.05, 0.1) is 10.5 Å². The molecule has 15 heavy (non-hydrogen) atoms. The van der Waals surface area contributed by atoms with Crippen LogP contribution < -0.4 is 0 Å². The van der Waals surface area contributed by atoms with Gasteiger partial charge in [-0.05, 0) is 29.5 Å². The molecule has 0 bridgehead atoms. The van der Waals surface area contributed by atoms with Crippen molar-refractivity contribution in [2.75, 3.05) is 0 Å². The second kappa shape index (κ2) is 4.35. The first kappa shape index (κ1) is 11.6. The molecule has 1 aromatic carbocycles. The molecule has 0 aliphatic carbocycles. The molecule has 1 rings (SSSR count). The summed E-state index contributed by atoms with van der Waals surface area (Å²) in [6, 6.07) is 4.17. The second-order valence-electron chi connectivity index (χ2n) is 2.78. The second-order valence-corrected chi connectivity index (χ2v) is 3.94. The minimum atomic E-state index is -0.590. The number of rotatable bonds is 2. The highest BCUT2D eigenvalue weighted by atomic mass is 127. The number of nitro benzene ring substituents is 1. The molecule has 0 heterocycles. The molecule has 0 saturated heterocycles. The van der Waals surface area contributed by atoms with E-state index in [1.54, 1.807) is 6.07 Å². The number of ketones is 1. The number of nitrogens with zero attached hydrogens (tertiary/aromatic N) is 2. The van der Waals surface area contributed by atoms with E-state index in [1.807, 2.05) is 22.6 Å². The Morgan fingerprint density at radius 3 is 2.60 bits per heavy atom. The van der Waals surface area contributed by atoms with E-state index in [1.165, 1.54) is 13.0 Å². The maximum atomic E-state index is 11.2. The number of non-ortho nitro benzene ring substituents is 1. The quantitative estimate of drug-likeness (QED) is 0.363. The lowest BCUT2D eigenvalue weighted by molar-refractivity contribution is -0.385. The third kappa shape index (κ3) is 2.30. The summed E-state index contributed by atoms with van der Waals surface area (Å²) in [6.07, 6.45) is 0. The van der Waals surface area contributed by atoms with Crippen LogP contribution in [0.4, 0.5) is 5.69 Å². The summed E-state index contributed by atoms with van der Waals surface area (Å²) >= 11 is 1.81. The summed E-state index contributed by atoms with van der Waals surface area (Å²) in [5.74, 6) is -0.272. The number of carbonyl (C=O) groups excluding carboxylic acids is 1. The van der Waals surface area contributed by atoms with E-state index in [9.17, 15) is 14.9 Å². The number of hydrogen-bond acceptors (Lipinski definition) is 4. The number of hydrogen-bond donors (Lipinski definition) is 0. The zero-order valence-electron chi connectivity index (χ0n) is 7.65. The van der Waals surface area contributed by atoms with Crippen LogP contribution in [-0.4, -0.2) is 10.7 Å². The molecule has 5 nitrogen and oxygen atoms in total. The Morgan fingerprint density at radius 1 is 1.60 bits per heavy atom. The molecule has 1 aromatic rings. The van der Waals surface area contributed by atoms with E-state index in [0.29, 0.717) is 3.57 Å². The van der Waals surface area contributed by atoms with Gasteiger partial charge in [-0.1, -0.05) is 0 Å². The van der Waals surface area contributed by atoms with Crippen molar-refractivity contribution in [2.45, 2.75) is 6.92 Å². The van der Waals surface area contributed by atoms with E-state index in [-0.39, 0.29) is 22.6 Å². The maximum absolute atomic E-state index is 11.2. The molecule has 0 fully saturated rings. The number of nitro groups is 1. The van der Waals surface area contributed by atoms with Gasteiger partial charge >= 0.3 is 0 Å². The first-order valence-electron chi connectivity index (χ1n) is 3.86. The fourth-order valence-electron chi connectivity index (χ4n) is 1.14. The van der Waals surface area contributed by atoms with Crippen molar-refractivity contribution in [3.8, 4) is 6.07 Å². The van der Waals surface area contributed by atoms with Gasteiger partial charge in [0.2, 0.25) is 0 Å². The molecular formula is C9H5IN2O3. The maximum Gasteiger partial charge on any atom is 0.271 e. The number of carbonyl (C=O) groups is 1. The predicted molar refractivity (Wildman–Crippen MR) is 60.5 cm³/mol. The van der Waals surface area contributed by atoms with Crippen LogP contribution in [0.5, 0.6) is 0 Å². The molecule has 0 radical (unpaired) electrons. The Hall–Kier alpha value is -1.49. The van der Waals surface area contributed by atoms with Crippen LogP contribution in [0, 0.1) is 25.0 Å². The standard InChI is InChI=1S/C9H5IN2O3/c1-5(13)9-6(4-11)2-7(12(14)15)3-8(9)10/h2-3H,1H3. The van der Waals surface area contributed by atoms with Crippen molar-refractivity contribution in [3.63, 3.8) is 0 Å². The predicted octanol–water partition coefficient (Wildman–Crippen LogP) is 2.27. The third-order valence-corrected chi connectivity index (χ3v) is 2.61. The molecule has 0 atom stereocenters. The largest absolute Gasteiger partial charge is 0.294 e. The van der Waals surface area contributed by atoms with Crippen LogP contribution in [-0.2, 0) is 0 Å². The fourth-order valence-corrected chi connectivity index (χ4v) is 2.13. The smallest absolute Gasteiger partial charge is 0.271 e. The van der Waals surface area contributed by atoms with E-state index in [2.05, 4.69) is 0 Å². The third-order valence-electron chi connectivity index (χ3n) is 1.76. The molecule has 0 amide bonds. The number of benzene rings is 1. The van der Waals surface area contributed by atoms with Gasteiger partial charge in [-0.15, -0.1) is 0 Å². The monoisotopic (exact) mass is 316 g/mol. The minimum Gasteiger partial charge on any atom is -0.294 e. The van der Waals surface area contributed by atoms with Gasteiger partial charge in [0.15, 0.2) is 5.78 Å². The fraction of sp³-hybridized carbons (Fsp3) is 0.111. The molecule has 76 valence electrons. The lowest BCUT2D eigenvalue weighted by Crippen LogP contribution is -2.02. The van der Waals surface area contributed by atoms with Crippen molar-refractivity contribution in [1.29, 1.82) is 5.26 Å². The van der Waals surface area contributed by atoms with E-state index >= 15 is 0 Å². The Bertz CT molecular complexity index is 491.